The van der Waals surface area contributed by atoms with Crippen LogP contribution in [0.4, 0.5) is 10.2 Å². The number of hydrogen-bond acceptors (Lipinski definition) is 5. The third-order valence-electron chi connectivity index (χ3n) is 2.77. The Morgan fingerprint density at radius 2 is 2.14 bits per heavy atom. The van der Waals surface area contributed by atoms with Gasteiger partial charge in [0.25, 0.3) is 0 Å². The number of anilines is 1. The molecule has 2 rings (SSSR count). The lowest BCUT2D eigenvalue weighted by Gasteiger charge is -2.09. The maximum absolute atomic E-state index is 13.8. The van der Waals surface area contributed by atoms with Gasteiger partial charge in [-0.25, -0.2) is 14.2 Å². The summed E-state index contributed by atoms with van der Waals surface area (Å²) in [6.45, 7) is 4.05. The first-order valence-electron chi connectivity index (χ1n) is 6.51. The number of aromatic nitrogens is 2. The highest BCUT2D eigenvalue weighted by Gasteiger charge is 2.18. The summed E-state index contributed by atoms with van der Waals surface area (Å²) in [5.74, 6) is -0.872. The number of nitrogens with two attached hydrogens (primary N) is 1. The van der Waals surface area contributed by atoms with E-state index >= 15 is 0 Å². The van der Waals surface area contributed by atoms with E-state index in [2.05, 4.69) is 4.98 Å². The quantitative estimate of drug-likeness (QED) is 0.855. The number of benzene rings is 1. The highest BCUT2D eigenvalue weighted by Crippen LogP contribution is 2.23. The molecule has 21 heavy (non-hydrogen) atoms. The van der Waals surface area contributed by atoms with Crippen LogP contribution >= 0.6 is 0 Å². The average molecular weight is 293 g/mol. The highest BCUT2D eigenvalue weighted by molar-refractivity contribution is 5.92. The molecule has 0 unspecified atom stereocenters. The van der Waals surface area contributed by atoms with Gasteiger partial charge in [0.2, 0.25) is 0 Å². The van der Waals surface area contributed by atoms with E-state index in [1.165, 1.54) is 23.0 Å². The van der Waals surface area contributed by atoms with Crippen LogP contribution in [0.2, 0.25) is 0 Å². The van der Waals surface area contributed by atoms with E-state index in [0.29, 0.717) is 12.3 Å². The molecule has 0 bridgehead atoms. The van der Waals surface area contributed by atoms with Gasteiger partial charge in [-0.05, 0) is 26.0 Å². The Morgan fingerprint density at radius 1 is 1.38 bits per heavy atom. The van der Waals surface area contributed by atoms with Gasteiger partial charge in [-0.2, -0.15) is 0 Å². The predicted octanol–water partition coefficient (Wildman–Crippen LogP) is 2.17. The molecule has 1 heterocycles. The highest BCUT2D eigenvalue weighted by atomic mass is 19.1. The number of imidazole rings is 1. The van der Waals surface area contributed by atoms with E-state index in [0.717, 1.165) is 0 Å². The van der Waals surface area contributed by atoms with Crippen LogP contribution in [-0.2, 0) is 4.74 Å². The van der Waals surface area contributed by atoms with Crippen LogP contribution < -0.4 is 10.5 Å². The molecule has 0 saturated carbocycles. The van der Waals surface area contributed by atoms with Crippen LogP contribution in [0.5, 0.6) is 5.75 Å². The van der Waals surface area contributed by atoms with E-state index in [4.69, 9.17) is 15.2 Å². The standard InChI is InChI=1S/C14H16FN3O3/c1-3-20-11-6-5-9(7-10(11)15)18-8-17-12(13(18)16)14(19)21-4-2/h5-8H,3-4,16H2,1-2H3. The van der Waals surface area contributed by atoms with E-state index in [1.54, 1.807) is 19.9 Å². The third-order valence-corrected chi connectivity index (χ3v) is 2.77. The molecule has 0 aliphatic heterocycles. The summed E-state index contributed by atoms with van der Waals surface area (Å²) >= 11 is 0. The number of ether oxygens (including phenoxy) is 2. The van der Waals surface area contributed by atoms with E-state index < -0.39 is 11.8 Å². The normalized spacial score (nSPS) is 10.4. The minimum absolute atomic E-state index is 0.00569. The summed E-state index contributed by atoms with van der Waals surface area (Å²) in [6, 6.07) is 4.39. The minimum atomic E-state index is -0.611. The Hall–Kier alpha value is -2.57. The number of rotatable bonds is 5. The third kappa shape index (κ3) is 2.96. The molecular formula is C14H16FN3O3. The zero-order valence-electron chi connectivity index (χ0n) is 11.8. The number of hydrogen-bond donors (Lipinski definition) is 1. The van der Waals surface area contributed by atoms with Crippen LogP contribution in [-0.4, -0.2) is 28.7 Å². The molecular weight excluding hydrogens is 277 g/mol. The van der Waals surface area contributed by atoms with Gasteiger partial charge in [0.05, 0.1) is 18.9 Å². The number of carbonyl (C=O) groups is 1. The van der Waals surface area contributed by atoms with Crippen molar-refractivity contribution in [2.24, 2.45) is 0 Å². The number of esters is 1. The second-order valence-corrected chi connectivity index (χ2v) is 4.12. The fourth-order valence-corrected chi connectivity index (χ4v) is 1.83. The van der Waals surface area contributed by atoms with Crippen molar-refractivity contribution in [3.8, 4) is 11.4 Å². The number of nitrogens with zero attached hydrogens (tertiary/aromatic N) is 2. The van der Waals surface area contributed by atoms with Gasteiger partial charge in [0.1, 0.15) is 12.1 Å². The molecule has 0 spiro atoms. The zero-order valence-corrected chi connectivity index (χ0v) is 11.8. The van der Waals surface area contributed by atoms with Crippen molar-refractivity contribution in [2.45, 2.75) is 13.8 Å². The van der Waals surface area contributed by atoms with E-state index in [1.807, 2.05) is 0 Å². The Morgan fingerprint density at radius 3 is 2.76 bits per heavy atom. The van der Waals surface area contributed by atoms with Gasteiger partial charge in [-0.1, -0.05) is 0 Å². The molecule has 6 nitrogen and oxygen atoms in total. The van der Waals surface area contributed by atoms with E-state index in [9.17, 15) is 9.18 Å². The molecule has 112 valence electrons. The van der Waals surface area contributed by atoms with Crippen molar-refractivity contribution in [2.75, 3.05) is 18.9 Å². The Labute approximate surface area is 121 Å². The lowest BCUT2D eigenvalue weighted by molar-refractivity contribution is 0.0521. The molecule has 7 heteroatoms. The van der Waals surface area contributed by atoms with Crippen molar-refractivity contribution in [3.63, 3.8) is 0 Å². The molecule has 1 aromatic carbocycles. The first-order chi connectivity index (χ1) is 10.1. The minimum Gasteiger partial charge on any atom is -0.491 e. The largest absolute Gasteiger partial charge is 0.491 e. The second kappa shape index (κ2) is 6.25. The van der Waals surface area contributed by atoms with Crippen molar-refractivity contribution < 1.29 is 18.7 Å². The molecule has 2 N–H and O–H groups in total. The SMILES string of the molecule is CCOC(=O)c1ncn(-c2ccc(OCC)c(F)c2)c1N. The summed E-state index contributed by atoms with van der Waals surface area (Å²) in [4.78, 5) is 15.6. The number of nitrogen functional groups attached to an aromatic ring is 1. The van der Waals surface area contributed by atoms with Gasteiger partial charge >= 0.3 is 5.97 Å². The smallest absolute Gasteiger partial charge is 0.360 e. The molecule has 0 aliphatic rings. The van der Waals surface area contributed by atoms with Crippen LogP contribution in [0.25, 0.3) is 5.69 Å². The van der Waals surface area contributed by atoms with Gasteiger partial charge in [0, 0.05) is 6.07 Å². The zero-order chi connectivity index (χ0) is 15.4. The van der Waals surface area contributed by atoms with Crippen LogP contribution in [0.1, 0.15) is 24.3 Å². The fourth-order valence-electron chi connectivity index (χ4n) is 1.83. The van der Waals surface area contributed by atoms with Crippen LogP contribution in [0.15, 0.2) is 24.5 Å². The van der Waals surface area contributed by atoms with Crippen molar-refractivity contribution >= 4 is 11.8 Å². The lowest BCUT2D eigenvalue weighted by atomic mass is 10.3. The first-order valence-corrected chi connectivity index (χ1v) is 6.51. The average Bonchev–Trinajstić information content (AvgIpc) is 2.83. The second-order valence-electron chi connectivity index (χ2n) is 4.12. The molecule has 0 amide bonds. The number of carbonyl (C=O) groups excluding carboxylic acids is 1. The molecule has 2 aromatic rings. The van der Waals surface area contributed by atoms with Crippen molar-refractivity contribution in [3.05, 3.63) is 36.0 Å². The van der Waals surface area contributed by atoms with Gasteiger partial charge in [-0.3, -0.25) is 4.57 Å². The van der Waals surface area contributed by atoms with Crippen molar-refractivity contribution in [1.82, 2.24) is 9.55 Å². The molecule has 0 aliphatic carbocycles. The molecule has 0 fully saturated rings. The Balaban J connectivity index is 2.35. The maximum atomic E-state index is 13.8. The van der Waals surface area contributed by atoms with Gasteiger partial charge < -0.3 is 15.2 Å². The summed E-state index contributed by atoms with van der Waals surface area (Å²) in [7, 11) is 0. The lowest BCUT2D eigenvalue weighted by Crippen LogP contribution is -2.09. The first kappa shape index (κ1) is 14.8. The Kier molecular flexibility index (Phi) is 4.42. The predicted molar refractivity (Wildman–Crippen MR) is 75.1 cm³/mol. The topological polar surface area (TPSA) is 79.4 Å². The molecule has 0 atom stereocenters. The summed E-state index contributed by atoms with van der Waals surface area (Å²) in [5, 5.41) is 0. The molecule has 1 aromatic heterocycles. The van der Waals surface area contributed by atoms with Crippen LogP contribution in [0, 0.1) is 5.82 Å². The summed E-state index contributed by atoms with van der Waals surface area (Å²) in [5.41, 5.74) is 6.31. The molecule has 0 radical (unpaired) electrons. The summed E-state index contributed by atoms with van der Waals surface area (Å²) in [6.07, 6.45) is 1.34. The molecule has 0 saturated heterocycles. The Bertz CT molecular complexity index is 655. The van der Waals surface area contributed by atoms with Gasteiger partial charge in [0.15, 0.2) is 17.3 Å². The number of halogens is 1. The maximum Gasteiger partial charge on any atom is 0.360 e. The monoisotopic (exact) mass is 293 g/mol. The van der Waals surface area contributed by atoms with E-state index in [-0.39, 0.29) is 23.9 Å². The summed E-state index contributed by atoms with van der Waals surface area (Å²) < 4.78 is 25.2. The van der Waals surface area contributed by atoms with Crippen molar-refractivity contribution in [1.29, 1.82) is 0 Å². The fraction of sp³-hybridized carbons (Fsp3) is 0.286. The van der Waals surface area contributed by atoms with Crippen LogP contribution in [0.3, 0.4) is 0 Å². The van der Waals surface area contributed by atoms with Gasteiger partial charge in [-0.15, -0.1) is 0 Å².